The van der Waals surface area contributed by atoms with Gasteiger partial charge in [-0.1, -0.05) is 48.1 Å². The van der Waals surface area contributed by atoms with E-state index >= 15 is 0 Å². The summed E-state index contributed by atoms with van der Waals surface area (Å²) >= 11 is 3.41. The number of carboxylic acid groups (broad SMARTS) is 1. The Morgan fingerprint density at radius 2 is 1.62 bits per heavy atom. The second kappa shape index (κ2) is 8.03. The first-order valence-corrected chi connectivity index (χ1v) is 9.63. The molecule has 0 amide bonds. The van der Waals surface area contributed by atoms with Crippen LogP contribution in [-0.4, -0.2) is 30.0 Å². The lowest BCUT2D eigenvalue weighted by Gasteiger charge is -2.24. The van der Waals surface area contributed by atoms with Crippen LogP contribution in [0, 0.1) is 0 Å². The van der Waals surface area contributed by atoms with Crippen molar-refractivity contribution in [3.8, 4) is 0 Å². The van der Waals surface area contributed by atoms with Gasteiger partial charge in [-0.3, -0.25) is 4.79 Å². The van der Waals surface area contributed by atoms with Crippen molar-refractivity contribution in [2.24, 2.45) is 0 Å². The van der Waals surface area contributed by atoms with Gasteiger partial charge in [0.25, 0.3) is 0 Å². The number of carboxylic acids is 1. The number of allylic oxidation sites excluding steroid dienone is 1. The van der Waals surface area contributed by atoms with Crippen molar-refractivity contribution in [3.05, 3.63) is 10.1 Å². The SMILES string of the molecule is CC(C)=C(Br)C(O)[Si](C)(C)C.CCC(=O)O. The van der Waals surface area contributed by atoms with E-state index in [0.29, 0.717) is 0 Å². The summed E-state index contributed by atoms with van der Waals surface area (Å²) in [5.41, 5.74) is 0.910. The van der Waals surface area contributed by atoms with Crippen molar-refractivity contribution < 1.29 is 15.0 Å². The van der Waals surface area contributed by atoms with Crippen molar-refractivity contribution in [2.75, 3.05) is 0 Å². The maximum absolute atomic E-state index is 9.78. The highest BCUT2D eigenvalue weighted by atomic mass is 79.9. The van der Waals surface area contributed by atoms with Crippen molar-refractivity contribution in [1.29, 1.82) is 0 Å². The molecule has 5 heteroatoms. The lowest BCUT2D eigenvalue weighted by atomic mass is 10.3. The fourth-order valence-corrected chi connectivity index (χ4v) is 3.76. The summed E-state index contributed by atoms with van der Waals surface area (Å²) in [6.45, 7) is 12.1. The zero-order chi connectivity index (χ0) is 13.5. The summed E-state index contributed by atoms with van der Waals surface area (Å²) in [5, 5.41) is 17.5. The molecule has 0 aromatic rings. The molecule has 0 aliphatic carbocycles. The van der Waals surface area contributed by atoms with Crippen LogP contribution in [-0.2, 0) is 4.79 Å². The van der Waals surface area contributed by atoms with Crippen LogP contribution in [0.1, 0.15) is 27.2 Å². The largest absolute Gasteiger partial charge is 0.481 e. The van der Waals surface area contributed by atoms with Crippen molar-refractivity contribution in [3.63, 3.8) is 0 Å². The number of halogens is 1. The zero-order valence-electron chi connectivity index (χ0n) is 11.0. The van der Waals surface area contributed by atoms with Gasteiger partial charge in [0.1, 0.15) is 0 Å². The molecule has 2 N–H and O–H groups in total. The average molecular weight is 311 g/mol. The minimum absolute atomic E-state index is 0.222. The number of hydrogen-bond acceptors (Lipinski definition) is 2. The molecule has 0 saturated heterocycles. The van der Waals surface area contributed by atoms with Crippen LogP contribution in [0.25, 0.3) is 0 Å². The van der Waals surface area contributed by atoms with Crippen LogP contribution in [0.3, 0.4) is 0 Å². The summed E-state index contributed by atoms with van der Waals surface area (Å²) in [6, 6.07) is 0. The highest BCUT2D eigenvalue weighted by Gasteiger charge is 2.27. The van der Waals surface area contributed by atoms with Crippen molar-refractivity contribution in [1.82, 2.24) is 0 Å². The lowest BCUT2D eigenvalue weighted by Crippen LogP contribution is -2.38. The number of aliphatic hydroxyl groups excluding tert-OH is 1. The predicted octanol–water partition coefficient (Wildman–Crippen LogP) is 3.39. The molecule has 0 radical (unpaired) electrons. The van der Waals surface area contributed by atoms with Gasteiger partial charge in [-0.2, -0.15) is 0 Å². The van der Waals surface area contributed by atoms with E-state index in [4.69, 9.17) is 5.11 Å². The first kappa shape index (κ1) is 18.2. The van der Waals surface area contributed by atoms with E-state index in [9.17, 15) is 9.90 Å². The summed E-state index contributed by atoms with van der Waals surface area (Å²) in [6.07, 6.45) is 0.222. The molecule has 0 aromatic carbocycles. The standard InChI is InChI=1S/C8H17BrOSi.C3H6O2/c1-6(2)7(9)8(10)11(3,4)5;1-2-3(4)5/h8,10H,1-5H3;2H2,1H3,(H,4,5). The van der Waals surface area contributed by atoms with Crippen LogP contribution in [0.5, 0.6) is 0 Å². The normalized spacial score (nSPS) is 12.2. The van der Waals surface area contributed by atoms with Gasteiger partial charge in [0.15, 0.2) is 0 Å². The molecule has 0 fully saturated rings. The third kappa shape index (κ3) is 9.12. The van der Waals surface area contributed by atoms with Crippen LogP contribution in [0.4, 0.5) is 0 Å². The van der Waals surface area contributed by atoms with E-state index in [2.05, 4.69) is 35.6 Å². The first-order chi connectivity index (χ1) is 7.03. The number of aliphatic carboxylic acids is 1. The maximum atomic E-state index is 9.78. The maximum Gasteiger partial charge on any atom is 0.303 e. The van der Waals surface area contributed by atoms with E-state index in [1.165, 1.54) is 5.57 Å². The predicted molar refractivity (Wildman–Crippen MR) is 74.6 cm³/mol. The van der Waals surface area contributed by atoms with E-state index < -0.39 is 14.0 Å². The molecule has 0 spiro atoms. The number of rotatable bonds is 3. The Labute approximate surface area is 108 Å². The van der Waals surface area contributed by atoms with E-state index in [1.807, 2.05) is 13.8 Å². The first-order valence-electron chi connectivity index (χ1n) is 5.26. The number of aliphatic hydroxyl groups is 1. The summed E-state index contributed by atoms with van der Waals surface area (Å²) in [4.78, 5) is 9.37. The fraction of sp³-hybridized carbons (Fsp3) is 0.727. The molecule has 3 nitrogen and oxygen atoms in total. The molecule has 16 heavy (non-hydrogen) atoms. The molecule has 0 aromatic heterocycles. The van der Waals surface area contributed by atoms with Gasteiger partial charge in [-0.05, 0) is 13.8 Å². The van der Waals surface area contributed by atoms with Gasteiger partial charge in [0, 0.05) is 10.9 Å². The molecule has 0 rings (SSSR count). The number of carbonyl (C=O) groups is 1. The molecule has 1 unspecified atom stereocenters. The smallest absolute Gasteiger partial charge is 0.303 e. The van der Waals surface area contributed by atoms with Crippen molar-refractivity contribution >= 4 is 30.0 Å². The monoisotopic (exact) mass is 310 g/mol. The Morgan fingerprint density at radius 3 is 1.69 bits per heavy atom. The van der Waals surface area contributed by atoms with E-state index in [1.54, 1.807) is 6.92 Å². The molecule has 0 bridgehead atoms. The summed E-state index contributed by atoms with van der Waals surface area (Å²) in [5.74, 6) is -0.745. The minimum Gasteiger partial charge on any atom is -0.481 e. The van der Waals surface area contributed by atoms with Gasteiger partial charge in [0.2, 0.25) is 0 Å². The highest BCUT2D eigenvalue weighted by molar-refractivity contribution is 9.11. The van der Waals surface area contributed by atoms with Gasteiger partial charge in [0.05, 0.1) is 13.8 Å². The van der Waals surface area contributed by atoms with Gasteiger partial charge in [-0.25, -0.2) is 0 Å². The average Bonchev–Trinajstić information content (AvgIpc) is 2.14. The van der Waals surface area contributed by atoms with Crippen LogP contribution in [0.15, 0.2) is 10.1 Å². The topological polar surface area (TPSA) is 57.5 Å². The fourth-order valence-electron chi connectivity index (χ4n) is 0.654. The third-order valence-corrected chi connectivity index (χ3v) is 5.42. The molecule has 96 valence electrons. The molecule has 0 aliphatic heterocycles. The van der Waals surface area contributed by atoms with Crippen molar-refractivity contribution in [2.45, 2.75) is 52.6 Å². The molecule has 0 aliphatic rings. The lowest BCUT2D eigenvalue weighted by molar-refractivity contribution is -0.136. The summed E-state index contributed by atoms with van der Waals surface area (Å²) in [7, 11) is -1.44. The van der Waals surface area contributed by atoms with Gasteiger partial charge < -0.3 is 10.2 Å². The highest BCUT2D eigenvalue weighted by Crippen LogP contribution is 2.23. The Balaban J connectivity index is 0. The molecular formula is C11H23BrO3Si. The molecule has 0 heterocycles. The van der Waals surface area contributed by atoms with Crippen LogP contribution >= 0.6 is 15.9 Å². The number of hydrogen-bond donors (Lipinski definition) is 2. The molecule has 0 saturated carbocycles. The Hall–Kier alpha value is -0.133. The second-order valence-corrected chi connectivity index (χ2v) is 11.0. The Kier molecular flexibility index (Phi) is 9.15. The molecular weight excluding hydrogens is 288 g/mol. The van der Waals surface area contributed by atoms with Gasteiger partial charge >= 0.3 is 5.97 Å². The quantitative estimate of drug-likeness (QED) is 0.786. The Bertz CT molecular complexity index is 252. The zero-order valence-corrected chi connectivity index (χ0v) is 13.6. The van der Waals surface area contributed by atoms with E-state index in [-0.39, 0.29) is 12.1 Å². The van der Waals surface area contributed by atoms with Gasteiger partial charge in [-0.15, -0.1) is 0 Å². The van der Waals surface area contributed by atoms with E-state index in [0.717, 1.165) is 4.48 Å². The third-order valence-electron chi connectivity index (χ3n) is 1.84. The minimum atomic E-state index is -1.44. The van der Waals surface area contributed by atoms with Crippen LogP contribution < -0.4 is 0 Å². The van der Waals surface area contributed by atoms with Crippen LogP contribution in [0.2, 0.25) is 19.6 Å². The Morgan fingerprint density at radius 1 is 1.31 bits per heavy atom. The second-order valence-electron chi connectivity index (χ2n) is 4.86. The molecule has 1 atom stereocenters. The summed E-state index contributed by atoms with van der Waals surface area (Å²) < 4.78 is 0.969.